The second-order valence-electron chi connectivity index (χ2n) is 4.15. The van der Waals surface area contributed by atoms with Crippen molar-refractivity contribution in [3.8, 4) is 0 Å². The number of benzene rings is 1. The summed E-state index contributed by atoms with van der Waals surface area (Å²) in [4.78, 5) is 32.9. The van der Waals surface area contributed by atoms with Crippen molar-refractivity contribution in [1.82, 2.24) is 0 Å². The third-order valence-electron chi connectivity index (χ3n) is 3.07. The number of carboxylic acid groups (broad SMARTS) is 2. The first kappa shape index (κ1) is 14.6. The SMILES string of the molecule is CCC(C(=O)O)(C(=O)O)c1cc(C)ccc1[N+](=O)[O-]. The molecule has 0 spiro atoms. The van der Waals surface area contributed by atoms with Crippen molar-refractivity contribution in [2.24, 2.45) is 0 Å². The highest BCUT2D eigenvalue weighted by atomic mass is 16.6. The van der Waals surface area contributed by atoms with E-state index in [2.05, 4.69) is 0 Å². The lowest BCUT2D eigenvalue weighted by atomic mass is 9.77. The van der Waals surface area contributed by atoms with Gasteiger partial charge in [-0.05, 0) is 19.4 Å². The van der Waals surface area contributed by atoms with Crippen molar-refractivity contribution in [3.63, 3.8) is 0 Å². The van der Waals surface area contributed by atoms with Gasteiger partial charge in [0, 0.05) is 6.07 Å². The summed E-state index contributed by atoms with van der Waals surface area (Å²) >= 11 is 0. The minimum absolute atomic E-state index is 0.290. The topological polar surface area (TPSA) is 118 Å². The summed E-state index contributed by atoms with van der Waals surface area (Å²) in [5, 5.41) is 29.4. The van der Waals surface area contributed by atoms with Crippen molar-refractivity contribution in [2.45, 2.75) is 25.7 Å². The van der Waals surface area contributed by atoms with Gasteiger partial charge in [0.05, 0.1) is 10.5 Å². The summed E-state index contributed by atoms with van der Waals surface area (Å²) < 4.78 is 0. The number of nitro benzene ring substituents is 1. The van der Waals surface area contributed by atoms with Gasteiger partial charge in [0.25, 0.3) is 5.69 Å². The molecule has 2 N–H and O–H groups in total. The van der Waals surface area contributed by atoms with Crippen molar-refractivity contribution in [2.75, 3.05) is 0 Å². The number of hydrogen-bond acceptors (Lipinski definition) is 4. The summed E-state index contributed by atoms with van der Waals surface area (Å²) in [6.07, 6.45) is -0.290. The van der Waals surface area contributed by atoms with E-state index in [0.717, 1.165) is 6.07 Å². The summed E-state index contributed by atoms with van der Waals surface area (Å²) in [6.45, 7) is 2.98. The normalized spacial score (nSPS) is 11.1. The number of carboxylic acids is 2. The van der Waals surface area contributed by atoms with Gasteiger partial charge in [-0.3, -0.25) is 19.7 Å². The first-order chi connectivity index (χ1) is 8.77. The Bertz CT molecular complexity index is 537. The van der Waals surface area contributed by atoms with Crippen LogP contribution in [0.15, 0.2) is 18.2 Å². The molecule has 102 valence electrons. The van der Waals surface area contributed by atoms with Crippen LogP contribution in [0.25, 0.3) is 0 Å². The van der Waals surface area contributed by atoms with E-state index < -0.39 is 28.0 Å². The fraction of sp³-hybridized carbons (Fsp3) is 0.333. The first-order valence-electron chi connectivity index (χ1n) is 5.49. The predicted octanol–water partition coefficient (Wildman–Crippen LogP) is 1.72. The van der Waals surface area contributed by atoms with Crippen molar-refractivity contribution in [3.05, 3.63) is 39.4 Å². The Morgan fingerprint density at radius 2 is 1.84 bits per heavy atom. The molecule has 19 heavy (non-hydrogen) atoms. The second-order valence-corrected chi connectivity index (χ2v) is 4.15. The Kier molecular flexibility index (Phi) is 3.89. The van der Waals surface area contributed by atoms with E-state index in [0.29, 0.717) is 5.56 Å². The third-order valence-corrected chi connectivity index (χ3v) is 3.07. The van der Waals surface area contributed by atoms with Crippen LogP contribution in [-0.4, -0.2) is 27.1 Å². The van der Waals surface area contributed by atoms with Crippen LogP contribution in [0.2, 0.25) is 0 Å². The molecular weight excluding hydrogens is 254 g/mol. The fourth-order valence-corrected chi connectivity index (χ4v) is 1.97. The van der Waals surface area contributed by atoms with Gasteiger partial charge in [-0.1, -0.05) is 18.6 Å². The molecule has 0 saturated heterocycles. The number of nitrogens with zero attached hydrogens (tertiary/aromatic N) is 1. The zero-order valence-corrected chi connectivity index (χ0v) is 10.4. The number of nitro groups is 1. The average Bonchev–Trinajstić information content (AvgIpc) is 2.29. The molecule has 1 aromatic carbocycles. The van der Waals surface area contributed by atoms with Gasteiger partial charge in [-0.15, -0.1) is 0 Å². The van der Waals surface area contributed by atoms with E-state index in [-0.39, 0.29) is 12.0 Å². The lowest BCUT2D eigenvalue weighted by molar-refractivity contribution is -0.386. The van der Waals surface area contributed by atoms with Gasteiger partial charge in [-0.25, -0.2) is 0 Å². The van der Waals surface area contributed by atoms with E-state index >= 15 is 0 Å². The van der Waals surface area contributed by atoms with Gasteiger partial charge in [0.1, 0.15) is 0 Å². The van der Waals surface area contributed by atoms with Gasteiger partial charge >= 0.3 is 11.9 Å². The zero-order valence-electron chi connectivity index (χ0n) is 10.4. The minimum Gasteiger partial charge on any atom is -0.480 e. The van der Waals surface area contributed by atoms with Crippen LogP contribution in [-0.2, 0) is 15.0 Å². The number of carbonyl (C=O) groups is 2. The van der Waals surface area contributed by atoms with Crippen molar-refractivity contribution < 1.29 is 24.7 Å². The maximum absolute atomic E-state index is 11.4. The Hall–Kier alpha value is -2.44. The molecule has 0 aromatic heterocycles. The van der Waals surface area contributed by atoms with Gasteiger partial charge in [0.15, 0.2) is 5.41 Å². The largest absolute Gasteiger partial charge is 0.480 e. The molecule has 0 radical (unpaired) electrons. The van der Waals surface area contributed by atoms with Crippen LogP contribution < -0.4 is 0 Å². The lowest BCUT2D eigenvalue weighted by Crippen LogP contribution is -2.43. The summed E-state index contributed by atoms with van der Waals surface area (Å²) in [5.41, 5.74) is -2.56. The van der Waals surface area contributed by atoms with Crippen molar-refractivity contribution in [1.29, 1.82) is 0 Å². The Balaban J connectivity index is 3.72. The highest BCUT2D eigenvalue weighted by molar-refractivity contribution is 6.05. The van der Waals surface area contributed by atoms with Crippen LogP contribution in [0, 0.1) is 17.0 Å². The summed E-state index contributed by atoms with van der Waals surface area (Å²) in [5.74, 6) is -3.23. The fourth-order valence-electron chi connectivity index (χ4n) is 1.97. The Morgan fingerprint density at radius 3 is 2.21 bits per heavy atom. The highest BCUT2D eigenvalue weighted by Gasteiger charge is 2.50. The molecule has 0 amide bonds. The van der Waals surface area contributed by atoms with E-state index in [4.69, 9.17) is 0 Å². The quantitative estimate of drug-likeness (QED) is 0.476. The first-order valence-corrected chi connectivity index (χ1v) is 5.49. The number of rotatable bonds is 5. The minimum atomic E-state index is -2.31. The van der Waals surface area contributed by atoms with Crippen molar-refractivity contribution >= 4 is 17.6 Å². The molecule has 1 aromatic rings. The van der Waals surface area contributed by atoms with Crippen LogP contribution in [0.1, 0.15) is 24.5 Å². The van der Waals surface area contributed by atoms with Gasteiger partial charge in [-0.2, -0.15) is 0 Å². The number of hydrogen-bond donors (Lipinski definition) is 2. The number of aryl methyl sites for hydroxylation is 1. The standard InChI is InChI=1S/C12H13NO6/c1-3-12(10(14)15,11(16)17)8-6-7(2)4-5-9(8)13(18)19/h4-6H,3H2,1-2H3,(H,14,15)(H,16,17). The van der Waals surface area contributed by atoms with Crippen LogP contribution >= 0.6 is 0 Å². The van der Waals surface area contributed by atoms with E-state index in [1.165, 1.54) is 19.1 Å². The van der Waals surface area contributed by atoms with Gasteiger partial charge in [0.2, 0.25) is 0 Å². The Morgan fingerprint density at radius 1 is 1.32 bits per heavy atom. The molecule has 0 fully saturated rings. The predicted molar refractivity (Wildman–Crippen MR) is 65.1 cm³/mol. The smallest absolute Gasteiger partial charge is 0.325 e. The average molecular weight is 267 g/mol. The highest BCUT2D eigenvalue weighted by Crippen LogP contribution is 2.36. The molecule has 0 aliphatic rings. The molecule has 0 unspecified atom stereocenters. The molecule has 0 aliphatic carbocycles. The maximum atomic E-state index is 11.4. The molecule has 0 atom stereocenters. The van der Waals surface area contributed by atoms with Crippen LogP contribution in [0.5, 0.6) is 0 Å². The molecular formula is C12H13NO6. The summed E-state index contributed by atoms with van der Waals surface area (Å²) in [6, 6.07) is 3.80. The van der Waals surface area contributed by atoms with E-state index in [1.807, 2.05) is 0 Å². The maximum Gasteiger partial charge on any atom is 0.325 e. The number of aliphatic carboxylic acids is 2. The Labute approximate surface area is 108 Å². The summed E-state index contributed by atoms with van der Waals surface area (Å²) in [7, 11) is 0. The molecule has 7 heteroatoms. The lowest BCUT2D eigenvalue weighted by Gasteiger charge is -2.23. The monoisotopic (exact) mass is 267 g/mol. The van der Waals surface area contributed by atoms with E-state index in [1.54, 1.807) is 6.92 Å². The van der Waals surface area contributed by atoms with Crippen LogP contribution in [0.4, 0.5) is 5.69 Å². The molecule has 0 aliphatic heterocycles. The van der Waals surface area contributed by atoms with Gasteiger partial charge < -0.3 is 10.2 Å². The zero-order chi connectivity index (χ0) is 14.8. The van der Waals surface area contributed by atoms with Crippen LogP contribution in [0.3, 0.4) is 0 Å². The molecule has 0 heterocycles. The molecule has 0 bridgehead atoms. The van der Waals surface area contributed by atoms with E-state index in [9.17, 15) is 29.9 Å². The molecule has 0 saturated carbocycles. The third kappa shape index (κ3) is 2.26. The second kappa shape index (κ2) is 5.05. The molecule has 7 nitrogen and oxygen atoms in total. The molecule has 1 rings (SSSR count).